The molecule has 0 saturated carbocycles. The SMILES string of the molecule is CCCCCN(C=O)c1nc(Cl)[nH]c1C(=O)N(C)CCCc1ccc(OCCCc2ccc(O)cc2)cc1. The maximum absolute atomic E-state index is 13.1. The van der Waals surface area contributed by atoms with Crippen molar-refractivity contribution in [2.75, 3.05) is 31.6 Å². The molecule has 1 aromatic heterocycles. The number of amides is 2. The molecule has 8 nitrogen and oxygen atoms in total. The van der Waals surface area contributed by atoms with Crippen LogP contribution < -0.4 is 9.64 Å². The van der Waals surface area contributed by atoms with E-state index in [1.54, 1.807) is 24.1 Å². The number of hydrogen-bond donors (Lipinski definition) is 2. The fourth-order valence-corrected chi connectivity index (χ4v) is 4.30. The van der Waals surface area contributed by atoms with Crippen molar-refractivity contribution in [1.29, 1.82) is 0 Å². The molecule has 3 rings (SSSR count). The molecule has 1 heterocycles. The van der Waals surface area contributed by atoms with Crippen molar-refractivity contribution >= 4 is 29.7 Å². The van der Waals surface area contributed by atoms with Crippen molar-refractivity contribution in [1.82, 2.24) is 14.9 Å². The molecule has 0 unspecified atom stereocenters. The van der Waals surface area contributed by atoms with Crippen LogP contribution in [0.1, 0.15) is 60.6 Å². The van der Waals surface area contributed by atoms with Gasteiger partial charge in [0.1, 0.15) is 11.5 Å². The number of unbranched alkanes of at least 4 members (excludes halogenated alkanes) is 2. The van der Waals surface area contributed by atoms with Crippen LogP contribution in [0.3, 0.4) is 0 Å². The van der Waals surface area contributed by atoms with Crippen LogP contribution in [0.15, 0.2) is 48.5 Å². The Kier molecular flexibility index (Phi) is 11.5. The number of aromatic amines is 1. The standard InChI is InChI=1S/C29H37ClN4O4/c1-3-4-5-19-34(21-35)27-26(31-29(30)32-27)28(37)33(2)18-6-8-22-12-16-25(17-13-22)38-20-7-9-23-10-14-24(36)15-11-23/h10-17,21,36H,3-9,18-20H2,1-2H3,(H,31,32). The van der Waals surface area contributed by atoms with Crippen LogP contribution in [0.4, 0.5) is 5.82 Å². The lowest BCUT2D eigenvalue weighted by Crippen LogP contribution is -2.31. The van der Waals surface area contributed by atoms with Gasteiger partial charge in [-0.1, -0.05) is 44.0 Å². The number of anilines is 1. The van der Waals surface area contributed by atoms with E-state index >= 15 is 0 Å². The molecule has 0 bridgehead atoms. The lowest BCUT2D eigenvalue weighted by molar-refractivity contribution is -0.107. The number of nitrogens with one attached hydrogen (secondary N) is 1. The number of H-pyrrole nitrogens is 1. The van der Waals surface area contributed by atoms with Gasteiger partial charge in [0.25, 0.3) is 5.91 Å². The number of aromatic nitrogens is 2. The number of nitrogens with zero attached hydrogens (tertiary/aromatic N) is 3. The first-order valence-electron chi connectivity index (χ1n) is 13.1. The molecule has 0 radical (unpaired) electrons. The van der Waals surface area contributed by atoms with Crippen LogP contribution in [0.2, 0.25) is 5.28 Å². The van der Waals surface area contributed by atoms with Crippen molar-refractivity contribution in [3.8, 4) is 11.5 Å². The smallest absolute Gasteiger partial charge is 0.273 e. The van der Waals surface area contributed by atoms with Gasteiger partial charge in [-0.2, -0.15) is 4.98 Å². The lowest BCUT2D eigenvalue weighted by atomic mass is 10.1. The van der Waals surface area contributed by atoms with E-state index in [0.717, 1.165) is 56.3 Å². The van der Waals surface area contributed by atoms with Crippen LogP contribution in [0, 0.1) is 0 Å². The molecule has 2 aromatic carbocycles. The van der Waals surface area contributed by atoms with Gasteiger partial charge in [-0.05, 0) is 79.1 Å². The zero-order valence-corrected chi connectivity index (χ0v) is 22.9. The zero-order chi connectivity index (χ0) is 27.3. The van der Waals surface area contributed by atoms with E-state index in [2.05, 4.69) is 16.9 Å². The number of rotatable bonds is 16. The Balaban J connectivity index is 1.43. The van der Waals surface area contributed by atoms with Gasteiger partial charge in [-0.25, -0.2) is 0 Å². The first-order chi connectivity index (χ1) is 18.4. The Morgan fingerprint density at radius 1 is 1.00 bits per heavy atom. The maximum Gasteiger partial charge on any atom is 0.273 e. The van der Waals surface area contributed by atoms with Crippen LogP contribution in [0.5, 0.6) is 11.5 Å². The van der Waals surface area contributed by atoms with Crippen LogP contribution >= 0.6 is 11.6 Å². The summed E-state index contributed by atoms with van der Waals surface area (Å²) in [7, 11) is 1.73. The first-order valence-corrected chi connectivity index (χ1v) is 13.5. The number of carbonyl (C=O) groups excluding carboxylic acids is 2. The van der Waals surface area contributed by atoms with Gasteiger partial charge >= 0.3 is 0 Å². The summed E-state index contributed by atoms with van der Waals surface area (Å²) in [5.74, 6) is 1.13. The monoisotopic (exact) mass is 540 g/mol. The summed E-state index contributed by atoms with van der Waals surface area (Å²) in [5, 5.41) is 9.44. The summed E-state index contributed by atoms with van der Waals surface area (Å²) in [5.41, 5.74) is 2.56. The number of aromatic hydroxyl groups is 1. The summed E-state index contributed by atoms with van der Waals surface area (Å²) in [6.07, 6.45) is 6.91. The normalized spacial score (nSPS) is 10.8. The minimum absolute atomic E-state index is 0.0850. The van der Waals surface area contributed by atoms with Gasteiger partial charge in [0.05, 0.1) is 6.61 Å². The molecule has 2 amide bonds. The predicted octanol–water partition coefficient (Wildman–Crippen LogP) is 5.64. The average molecular weight is 541 g/mol. The van der Waals surface area contributed by atoms with Gasteiger partial charge < -0.3 is 19.7 Å². The second-order valence-corrected chi connectivity index (χ2v) is 9.68. The van der Waals surface area contributed by atoms with E-state index in [1.807, 2.05) is 36.4 Å². The number of carbonyl (C=O) groups is 2. The van der Waals surface area contributed by atoms with Gasteiger partial charge in [0.2, 0.25) is 11.7 Å². The molecular formula is C29H37ClN4O4. The second-order valence-electron chi connectivity index (χ2n) is 9.32. The maximum atomic E-state index is 13.1. The van der Waals surface area contributed by atoms with Crippen molar-refractivity contribution in [2.45, 2.75) is 51.9 Å². The van der Waals surface area contributed by atoms with Gasteiger partial charge in [0.15, 0.2) is 11.5 Å². The molecule has 0 aliphatic carbocycles. The Bertz CT molecular complexity index is 1150. The molecule has 38 heavy (non-hydrogen) atoms. The molecule has 0 fully saturated rings. The number of phenols is 1. The molecule has 0 atom stereocenters. The number of imidazole rings is 1. The quantitative estimate of drug-likeness (QED) is 0.181. The third-order valence-electron chi connectivity index (χ3n) is 6.32. The minimum atomic E-state index is -0.252. The fourth-order valence-electron chi connectivity index (χ4n) is 4.13. The third-order valence-corrected chi connectivity index (χ3v) is 6.49. The highest BCUT2D eigenvalue weighted by Crippen LogP contribution is 2.22. The number of ether oxygens (including phenoxy) is 1. The van der Waals surface area contributed by atoms with E-state index in [1.165, 1.54) is 10.5 Å². The Labute approximate surface area is 229 Å². The second kappa shape index (κ2) is 15.0. The number of hydrogen-bond acceptors (Lipinski definition) is 5. The fraction of sp³-hybridized carbons (Fsp3) is 0.414. The van der Waals surface area contributed by atoms with Crippen molar-refractivity contribution < 1.29 is 19.4 Å². The average Bonchev–Trinajstić information content (AvgIpc) is 3.31. The highest BCUT2D eigenvalue weighted by Gasteiger charge is 2.24. The zero-order valence-electron chi connectivity index (χ0n) is 22.2. The molecule has 0 saturated heterocycles. The van der Waals surface area contributed by atoms with E-state index in [0.29, 0.717) is 26.1 Å². The summed E-state index contributed by atoms with van der Waals surface area (Å²) >= 11 is 6.05. The molecule has 0 aliphatic heterocycles. The first kappa shape index (κ1) is 29.0. The van der Waals surface area contributed by atoms with E-state index < -0.39 is 0 Å². The molecule has 2 N–H and O–H groups in total. The Hall–Kier alpha value is -3.52. The van der Waals surface area contributed by atoms with Crippen molar-refractivity contribution in [3.63, 3.8) is 0 Å². The van der Waals surface area contributed by atoms with Crippen LogP contribution in [-0.2, 0) is 17.6 Å². The molecule has 3 aromatic rings. The number of phenolic OH excluding ortho intramolecular Hbond substituents is 1. The molecule has 0 aliphatic rings. The van der Waals surface area contributed by atoms with Crippen LogP contribution in [-0.4, -0.2) is 59.0 Å². The van der Waals surface area contributed by atoms with E-state index in [-0.39, 0.29) is 28.5 Å². The number of aryl methyl sites for hydroxylation is 2. The highest BCUT2D eigenvalue weighted by molar-refractivity contribution is 6.29. The summed E-state index contributed by atoms with van der Waals surface area (Å²) in [4.78, 5) is 34.8. The topological polar surface area (TPSA) is 98.8 Å². The van der Waals surface area contributed by atoms with E-state index in [4.69, 9.17) is 16.3 Å². The molecule has 204 valence electrons. The Morgan fingerprint density at radius 3 is 2.32 bits per heavy atom. The Morgan fingerprint density at radius 2 is 1.66 bits per heavy atom. The lowest BCUT2D eigenvalue weighted by Gasteiger charge is -2.20. The van der Waals surface area contributed by atoms with Gasteiger partial charge in [-0.3, -0.25) is 14.5 Å². The summed E-state index contributed by atoms with van der Waals surface area (Å²) < 4.78 is 5.85. The molecular weight excluding hydrogens is 504 g/mol. The van der Waals surface area contributed by atoms with E-state index in [9.17, 15) is 14.7 Å². The third kappa shape index (κ3) is 8.80. The summed E-state index contributed by atoms with van der Waals surface area (Å²) in [6, 6.07) is 15.3. The van der Waals surface area contributed by atoms with Crippen molar-refractivity contribution in [2.24, 2.45) is 0 Å². The largest absolute Gasteiger partial charge is 0.508 e. The minimum Gasteiger partial charge on any atom is -0.508 e. The number of halogens is 1. The van der Waals surface area contributed by atoms with Crippen LogP contribution in [0.25, 0.3) is 0 Å². The summed E-state index contributed by atoms with van der Waals surface area (Å²) in [6.45, 7) is 3.74. The van der Waals surface area contributed by atoms with Gasteiger partial charge in [0, 0.05) is 20.1 Å². The highest BCUT2D eigenvalue weighted by atomic mass is 35.5. The predicted molar refractivity (Wildman–Crippen MR) is 150 cm³/mol. The van der Waals surface area contributed by atoms with Crippen molar-refractivity contribution in [3.05, 3.63) is 70.6 Å². The number of benzene rings is 2. The van der Waals surface area contributed by atoms with Gasteiger partial charge in [-0.15, -0.1) is 0 Å². The molecule has 9 heteroatoms. The molecule has 0 spiro atoms.